The van der Waals surface area contributed by atoms with Crippen molar-refractivity contribution in [1.82, 2.24) is 0 Å². The van der Waals surface area contributed by atoms with Crippen molar-refractivity contribution < 1.29 is 13.2 Å². The summed E-state index contributed by atoms with van der Waals surface area (Å²) < 4.78 is 33.6. The number of hydrogen-bond acceptors (Lipinski definition) is 3. The molecule has 1 N–H and O–H groups in total. The number of sulfonamides is 1. The van der Waals surface area contributed by atoms with Gasteiger partial charge >= 0.3 is 0 Å². The van der Waals surface area contributed by atoms with Crippen molar-refractivity contribution in [2.75, 3.05) is 11.8 Å². The fraction of sp³-hybridized carbons (Fsp3) is 0.0769. The summed E-state index contributed by atoms with van der Waals surface area (Å²) in [7, 11) is -2.32. The van der Waals surface area contributed by atoms with Crippen LogP contribution in [-0.4, -0.2) is 15.5 Å². The first kappa shape index (κ1) is 16.6. The number of methoxy groups -OCH3 is 1. The van der Waals surface area contributed by atoms with Crippen LogP contribution in [-0.2, 0) is 10.0 Å². The zero-order valence-electron chi connectivity index (χ0n) is 10.7. The molecule has 0 atom stereocenters. The van der Waals surface area contributed by atoms with E-state index in [0.717, 1.165) is 0 Å². The molecule has 0 heterocycles. The molecule has 112 valence electrons. The predicted octanol–water partition coefficient (Wildman–Crippen LogP) is 4.67. The minimum Gasteiger partial charge on any atom is -0.493 e. The lowest BCUT2D eigenvalue weighted by Gasteiger charge is -2.14. The summed E-state index contributed by atoms with van der Waals surface area (Å²) in [5.41, 5.74) is 0.257. The van der Waals surface area contributed by atoms with Crippen molar-refractivity contribution in [1.29, 1.82) is 0 Å². The summed E-state index contributed by atoms with van der Waals surface area (Å²) in [5, 5.41) is 0.382. The van der Waals surface area contributed by atoms with Gasteiger partial charge in [-0.05, 0) is 56.1 Å². The topological polar surface area (TPSA) is 55.4 Å². The van der Waals surface area contributed by atoms with Crippen LogP contribution < -0.4 is 9.46 Å². The summed E-state index contributed by atoms with van der Waals surface area (Å²) in [4.78, 5) is 0.128. The average molecular weight is 456 g/mol. The molecule has 0 unspecified atom stereocenters. The molecule has 0 amide bonds. The Morgan fingerprint density at radius 2 is 1.81 bits per heavy atom. The fourth-order valence-electron chi connectivity index (χ4n) is 1.71. The largest absolute Gasteiger partial charge is 0.493 e. The van der Waals surface area contributed by atoms with Gasteiger partial charge in [-0.2, -0.15) is 0 Å². The molecule has 0 aliphatic heterocycles. The second-order valence-electron chi connectivity index (χ2n) is 4.00. The van der Waals surface area contributed by atoms with Crippen LogP contribution in [0.15, 0.2) is 50.2 Å². The average Bonchev–Trinajstić information content (AvgIpc) is 2.38. The van der Waals surface area contributed by atoms with E-state index in [2.05, 4.69) is 36.6 Å². The van der Waals surface area contributed by atoms with Crippen LogP contribution >= 0.6 is 43.5 Å². The van der Waals surface area contributed by atoms with E-state index in [4.69, 9.17) is 16.3 Å². The van der Waals surface area contributed by atoms with Crippen molar-refractivity contribution in [2.45, 2.75) is 4.90 Å². The quantitative estimate of drug-likeness (QED) is 0.729. The second-order valence-corrected chi connectivity index (χ2v) is 7.80. The SMILES string of the molecule is COc1c(Br)cc(Cl)cc1NS(=O)(=O)c1ccccc1Br. The van der Waals surface area contributed by atoms with Gasteiger partial charge in [0.2, 0.25) is 0 Å². The van der Waals surface area contributed by atoms with Gasteiger partial charge in [0.15, 0.2) is 5.75 Å². The van der Waals surface area contributed by atoms with Crippen LogP contribution in [0.1, 0.15) is 0 Å². The zero-order chi connectivity index (χ0) is 15.6. The maximum absolute atomic E-state index is 12.5. The number of rotatable bonds is 4. The first-order valence-corrected chi connectivity index (χ1v) is 9.10. The predicted molar refractivity (Wildman–Crippen MR) is 90.7 cm³/mol. The highest BCUT2D eigenvalue weighted by molar-refractivity contribution is 9.10. The minimum absolute atomic E-state index is 0.128. The molecule has 2 aromatic rings. The molecule has 0 aliphatic carbocycles. The molecular weight excluding hydrogens is 445 g/mol. The second kappa shape index (κ2) is 6.56. The Morgan fingerprint density at radius 1 is 1.14 bits per heavy atom. The Bertz CT molecular complexity index is 781. The van der Waals surface area contributed by atoms with E-state index in [1.165, 1.54) is 19.2 Å². The third-order valence-electron chi connectivity index (χ3n) is 2.58. The molecule has 2 rings (SSSR count). The van der Waals surface area contributed by atoms with E-state index in [1.807, 2.05) is 0 Å². The van der Waals surface area contributed by atoms with Crippen LogP contribution in [0, 0.1) is 0 Å². The van der Waals surface area contributed by atoms with Crippen molar-refractivity contribution in [3.63, 3.8) is 0 Å². The van der Waals surface area contributed by atoms with Gasteiger partial charge in [-0.3, -0.25) is 4.72 Å². The van der Waals surface area contributed by atoms with Crippen molar-refractivity contribution in [3.8, 4) is 5.75 Å². The molecule has 0 bridgehead atoms. The number of ether oxygens (including phenoxy) is 1. The number of nitrogens with one attached hydrogen (secondary N) is 1. The maximum atomic E-state index is 12.5. The number of hydrogen-bond donors (Lipinski definition) is 1. The summed E-state index contributed by atoms with van der Waals surface area (Å²) >= 11 is 12.5. The van der Waals surface area contributed by atoms with Gasteiger partial charge in [-0.15, -0.1) is 0 Å². The third-order valence-corrected chi connectivity index (χ3v) is 5.77. The number of halogens is 3. The van der Waals surface area contributed by atoms with Gasteiger partial charge in [-0.25, -0.2) is 8.42 Å². The number of benzene rings is 2. The highest BCUT2D eigenvalue weighted by atomic mass is 79.9. The molecule has 0 aromatic heterocycles. The maximum Gasteiger partial charge on any atom is 0.263 e. The molecule has 2 aromatic carbocycles. The molecule has 0 saturated carbocycles. The summed E-state index contributed by atoms with van der Waals surface area (Å²) in [6, 6.07) is 9.64. The van der Waals surface area contributed by atoms with E-state index in [1.54, 1.807) is 24.3 Å². The Labute approximate surface area is 144 Å². The van der Waals surface area contributed by atoms with E-state index >= 15 is 0 Å². The Kier molecular flexibility index (Phi) is 5.19. The lowest BCUT2D eigenvalue weighted by Crippen LogP contribution is -2.14. The van der Waals surface area contributed by atoms with Gasteiger partial charge in [-0.1, -0.05) is 23.7 Å². The Morgan fingerprint density at radius 3 is 2.43 bits per heavy atom. The normalized spacial score (nSPS) is 11.2. The molecular formula is C13H10Br2ClNO3S. The lowest BCUT2D eigenvalue weighted by atomic mass is 10.3. The first-order chi connectivity index (χ1) is 9.85. The molecule has 0 spiro atoms. The summed E-state index contributed by atoms with van der Waals surface area (Å²) in [6.07, 6.45) is 0. The van der Waals surface area contributed by atoms with Crippen LogP contribution in [0.5, 0.6) is 5.75 Å². The number of anilines is 1. The van der Waals surface area contributed by atoms with E-state index in [0.29, 0.717) is 19.7 Å². The van der Waals surface area contributed by atoms with Gasteiger partial charge in [0, 0.05) is 9.50 Å². The minimum atomic E-state index is -3.77. The van der Waals surface area contributed by atoms with Crippen LogP contribution in [0.3, 0.4) is 0 Å². The molecule has 0 saturated heterocycles. The molecule has 0 fully saturated rings. The smallest absolute Gasteiger partial charge is 0.263 e. The van der Waals surface area contributed by atoms with Crippen LogP contribution in [0.4, 0.5) is 5.69 Å². The molecule has 21 heavy (non-hydrogen) atoms. The summed E-state index contributed by atoms with van der Waals surface area (Å²) in [6.45, 7) is 0. The van der Waals surface area contributed by atoms with Gasteiger partial charge in [0.1, 0.15) is 4.90 Å². The molecule has 8 heteroatoms. The zero-order valence-corrected chi connectivity index (χ0v) is 15.5. The van der Waals surface area contributed by atoms with E-state index in [-0.39, 0.29) is 10.6 Å². The van der Waals surface area contributed by atoms with E-state index < -0.39 is 10.0 Å². The van der Waals surface area contributed by atoms with Gasteiger partial charge < -0.3 is 4.74 Å². The standard InChI is InChI=1S/C13H10Br2ClNO3S/c1-20-13-10(15)6-8(16)7-11(13)17-21(18,19)12-5-3-2-4-9(12)14/h2-7,17H,1H3. The van der Waals surface area contributed by atoms with Gasteiger partial charge in [0.25, 0.3) is 10.0 Å². The molecule has 4 nitrogen and oxygen atoms in total. The molecule has 0 aliphatic rings. The van der Waals surface area contributed by atoms with Crippen LogP contribution in [0.2, 0.25) is 5.02 Å². The monoisotopic (exact) mass is 453 g/mol. The van der Waals surface area contributed by atoms with Crippen LogP contribution in [0.25, 0.3) is 0 Å². The Balaban J connectivity index is 2.49. The Hall–Kier alpha value is -0.760. The van der Waals surface area contributed by atoms with Crippen molar-refractivity contribution in [2.24, 2.45) is 0 Å². The highest BCUT2D eigenvalue weighted by Gasteiger charge is 2.20. The van der Waals surface area contributed by atoms with Crippen molar-refractivity contribution >= 4 is 59.2 Å². The van der Waals surface area contributed by atoms with Crippen molar-refractivity contribution in [3.05, 3.63) is 50.4 Å². The lowest BCUT2D eigenvalue weighted by molar-refractivity contribution is 0.414. The first-order valence-electron chi connectivity index (χ1n) is 5.65. The third kappa shape index (κ3) is 3.71. The summed E-state index contributed by atoms with van der Waals surface area (Å²) in [5.74, 6) is 0.357. The highest BCUT2D eigenvalue weighted by Crippen LogP contribution is 2.37. The van der Waals surface area contributed by atoms with Gasteiger partial charge in [0.05, 0.1) is 17.3 Å². The van der Waals surface area contributed by atoms with E-state index in [9.17, 15) is 8.42 Å². The molecule has 0 radical (unpaired) electrons. The fourth-order valence-corrected chi connectivity index (χ4v) is 4.74.